The molecule has 3 heterocycles. The van der Waals surface area contributed by atoms with Gasteiger partial charge in [-0.25, -0.2) is 0 Å². The first-order chi connectivity index (χ1) is 17.1. The molecule has 3 rings (SSSR count). The lowest BCUT2D eigenvalue weighted by Crippen LogP contribution is -2.61. The van der Waals surface area contributed by atoms with Gasteiger partial charge < -0.3 is 19.2 Å². The Labute approximate surface area is 218 Å². The number of ether oxygens (including phenoxy) is 1. The monoisotopic (exact) mass is 515 g/mol. The Bertz CT molecular complexity index is 926. The maximum absolute atomic E-state index is 13.6. The fraction of sp³-hybridized carbons (Fsp3) is 0.655. The minimum absolute atomic E-state index is 0.116. The zero-order valence-corrected chi connectivity index (χ0v) is 24.1. The second-order valence-corrected chi connectivity index (χ2v) is 16.6. The highest BCUT2D eigenvalue weighted by Crippen LogP contribution is 2.58. The Morgan fingerprint density at radius 2 is 1.69 bits per heavy atom. The third-order valence-corrected chi connectivity index (χ3v) is 14.3. The number of carbonyl (C=O) groups is 2. The van der Waals surface area contributed by atoms with E-state index in [4.69, 9.17) is 9.16 Å². The van der Waals surface area contributed by atoms with Crippen LogP contribution in [0.5, 0.6) is 0 Å². The van der Waals surface area contributed by atoms with Crippen LogP contribution in [0.4, 0.5) is 0 Å². The Morgan fingerprint density at radius 3 is 2.28 bits per heavy atom. The molecule has 0 saturated carbocycles. The largest absolute Gasteiger partial charge is 0.507 e. The van der Waals surface area contributed by atoms with Crippen LogP contribution in [0.2, 0.25) is 16.6 Å². The molecular weight excluding hydrogens is 470 g/mol. The van der Waals surface area contributed by atoms with Crippen LogP contribution in [0.25, 0.3) is 0 Å². The van der Waals surface area contributed by atoms with Crippen LogP contribution in [0.15, 0.2) is 47.8 Å². The number of carbonyl (C=O) groups excluding carboxylic acids is 2. The Balaban J connectivity index is 1.87. The predicted octanol–water partition coefficient (Wildman–Crippen LogP) is 6.72. The lowest BCUT2D eigenvalue weighted by molar-refractivity contribution is -0.143. The lowest BCUT2D eigenvalue weighted by Gasteiger charge is -2.49. The molecule has 0 unspecified atom stereocenters. The van der Waals surface area contributed by atoms with Gasteiger partial charge in [-0.2, -0.15) is 0 Å². The van der Waals surface area contributed by atoms with Gasteiger partial charge in [0, 0.05) is 6.54 Å². The van der Waals surface area contributed by atoms with E-state index in [2.05, 4.69) is 47.6 Å². The summed E-state index contributed by atoms with van der Waals surface area (Å²) in [5.74, 6) is -1.23. The van der Waals surface area contributed by atoms with Gasteiger partial charge in [0.2, 0.25) is 8.32 Å². The molecule has 0 radical (unpaired) electrons. The van der Waals surface area contributed by atoms with Gasteiger partial charge in [-0.1, -0.05) is 71.9 Å². The summed E-state index contributed by atoms with van der Waals surface area (Å²) in [5, 5.41) is 11.0. The SMILES string of the molecule is C/C=C/C=C/CCCC/C=C/C(O)=C1/C(=O)N2CC[C@H]3C(=O)O[C@@H]1[C@]32O[Si](C(C)C)(C(C)C)C(C)C. The van der Waals surface area contributed by atoms with Crippen LogP contribution in [-0.2, 0) is 18.8 Å². The van der Waals surface area contributed by atoms with Crippen LogP contribution in [0.1, 0.15) is 80.6 Å². The second-order valence-electron chi connectivity index (χ2n) is 11.2. The number of amides is 1. The fourth-order valence-corrected chi connectivity index (χ4v) is 12.3. The van der Waals surface area contributed by atoms with E-state index in [1.807, 2.05) is 31.2 Å². The topological polar surface area (TPSA) is 76.1 Å². The standard InChI is InChI=1S/C29H45NO5Si/c1-8-9-10-11-12-13-14-15-16-17-24(31)25-26-29(35-36(20(2)3,21(4)5)22(6)7)23(28(33)34-26)18-19-30(29)27(25)32/h8-11,16-17,20-23,26,31H,12-15,18-19H2,1-7H3/b9-8+,11-10+,17-16+,25-24-/t23-,26-,29+/m0/s1. The van der Waals surface area contributed by atoms with E-state index in [-0.39, 0.29) is 39.8 Å². The van der Waals surface area contributed by atoms with Gasteiger partial charge in [0.15, 0.2) is 11.8 Å². The number of aliphatic hydroxyl groups excluding tert-OH is 1. The molecule has 3 saturated heterocycles. The van der Waals surface area contributed by atoms with Crippen molar-refractivity contribution in [3.63, 3.8) is 0 Å². The highest BCUT2D eigenvalue weighted by atomic mass is 28.4. The number of esters is 1. The lowest BCUT2D eigenvalue weighted by atomic mass is 9.93. The van der Waals surface area contributed by atoms with Crippen molar-refractivity contribution >= 4 is 20.2 Å². The van der Waals surface area contributed by atoms with Crippen LogP contribution in [-0.4, -0.2) is 48.6 Å². The number of hydrogen-bond donors (Lipinski definition) is 1. The molecule has 1 amide bonds. The van der Waals surface area contributed by atoms with Crippen LogP contribution < -0.4 is 0 Å². The third kappa shape index (κ3) is 4.76. The minimum atomic E-state index is -2.47. The van der Waals surface area contributed by atoms with Crippen LogP contribution in [0, 0.1) is 5.92 Å². The molecule has 0 aliphatic carbocycles. The van der Waals surface area contributed by atoms with E-state index in [1.54, 1.807) is 11.0 Å². The van der Waals surface area contributed by atoms with Gasteiger partial charge in [0.1, 0.15) is 17.3 Å². The third-order valence-electron chi connectivity index (χ3n) is 8.22. The van der Waals surface area contributed by atoms with E-state index >= 15 is 0 Å². The average molecular weight is 516 g/mol. The zero-order chi connectivity index (χ0) is 26.7. The summed E-state index contributed by atoms with van der Waals surface area (Å²) in [6.45, 7) is 15.6. The summed E-state index contributed by atoms with van der Waals surface area (Å²) in [6, 6.07) is 0. The van der Waals surface area contributed by atoms with Crippen molar-refractivity contribution in [2.24, 2.45) is 5.92 Å². The van der Waals surface area contributed by atoms with Gasteiger partial charge in [0.25, 0.3) is 5.91 Å². The molecule has 3 atom stereocenters. The Morgan fingerprint density at radius 1 is 1.08 bits per heavy atom. The Hall–Kier alpha value is -2.12. The van der Waals surface area contributed by atoms with Crippen LogP contribution >= 0.6 is 0 Å². The first kappa shape index (κ1) is 28.4. The summed E-state index contributed by atoms with van der Waals surface area (Å²) in [6.07, 6.45) is 15.2. The van der Waals surface area contributed by atoms with Gasteiger partial charge in [-0.05, 0) is 61.7 Å². The first-order valence-electron chi connectivity index (χ1n) is 13.7. The number of hydrogen-bond acceptors (Lipinski definition) is 5. The summed E-state index contributed by atoms with van der Waals surface area (Å²) < 4.78 is 13.1. The molecule has 3 fully saturated rings. The number of aliphatic hydroxyl groups is 1. The minimum Gasteiger partial charge on any atom is -0.507 e. The van der Waals surface area contributed by atoms with E-state index in [0.29, 0.717) is 13.0 Å². The highest BCUT2D eigenvalue weighted by molar-refractivity contribution is 6.77. The van der Waals surface area contributed by atoms with E-state index in [1.165, 1.54) is 0 Å². The van der Waals surface area contributed by atoms with Crippen molar-refractivity contribution in [2.75, 3.05) is 6.54 Å². The van der Waals surface area contributed by atoms with Gasteiger partial charge in [-0.15, -0.1) is 0 Å². The Kier molecular flexibility index (Phi) is 9.09. The summed E-state index contributed by atoms with van der Waals surface area (Å²) >= 11 is 0. The van der Waals surface area contributed by atoms with E-state index in [9.17, 15) is 14.7 Å². The molecule has 0 aromatic carbocycles. The van der Waals surface area contributed by atoms with Crippen molar-refractivity contribution < 1.29 is 23.9 Å². The second kappa shape index (κ2) is 11.5. The highest BCUT2D eigenvalue weighted by Gasteiger charge is 2.75. The molecule has 0 aromatic heterocycles. The molecule has 0 aromatic rings. The normalized spacial score (nSPS) is 27.8. The van der Waals surface area contributed by atoms with Crippen molar-refractivity contribution in [1.82, 2.24) is 4.90 Å². The molecule has 36 heavy (non-hydrogen) atoms. The summed E-state index contributed by atoms with van der Waals surface area (Å²) in [5.41, 5.74) is -0.125. The van der Waals surface area contributed by atoms with Gasteiger partial charge in [-0.3, -0.25) is 9.59 Å². The van der Waals surface area contributed by atoms with Crippen LogP contribution in [0.3, 0.4) is 0 Å². The van der Waals surface area contributed by atoms with Gasteiger partial charge in [0.05, 0.1) is 0 Å². The van der Waals surface area contributed by atoms with Gasteiger partial charge >= 0.3 is 5.97 Å². The number of allylic oxidation sites excluding steroid dienone is 6. The van der Waals surface area contributed by atoms with Crippen molar-refractivity contribution in [3.8, 4) is 0 Å². The average Bonchev–Trinajstić information content (AvgIpc) is 3.39. The molecule has 1 N–H and O–H groups in total. The first-order valence-corrected chi connectivity index (χ1v) is 15.8. The fourth-order valence-electron chi connectivity index (χ4n) is 6.66. The van der Waals surface area contributed by atoms with Crippen molar-refractivity contribution in [2.45, 2.75) is 109 Å². The maximum atomic E-state index is 13.6. The van der Waals surface area contributed by atoms with E-state index < -0.39 is 26.1 Å². The molecular formula is C29H45NO5Si. The molecule has 6 nitrogen and oxygen atoms in total. The van der Waals surface area contributed by atoms with E-state index in [0.717, 1.165) is 25.7 Å². The number of unbranched alkanes of at least 4 members (excludes halogenated alkanes) is 3. The van der Waals surface area contributed by atoms with Crippen molar-refractivity contribution in [1.29, 1.82) is 0 Å². The number of rotatable bonds is 12. The molecule has 0 bridgehead atoms. The molecule has 7 heteroatoms. The summed E-state index contributed by atoms with van der Waals surface area (Å²) in [7, 11) is -2.47. The zero-order valence-electron chi connectivity index (χ0n) is 23.1. The maximum Gasteiger partial charge on any atom is 0.314 e. The quantitative estimate of drug-likeness (QED) is 0.0779. The number of nitrogens with zero attached hydrogens (tertiary/aromatic N) is 1. The summed E-state index contributed by atoms with van der Waals surface area (Å²) in [4.78, 5) is 28.3. The molecule has 3 aliphatic heterocycles. The molecule has 0 spiro atoms. The molecule has 3 aliphatic rings. The molecule has 200 valence electrons. The van der Waals surface area contributed by atoms with Crippen molar-refractivity contribution in [3.05, 3.63) is 47.8 Å². The smallest absolute Gasteiger partial charge is 0.314 e. The predicted molar refractivity (Wildman–Crippen MR) is 146 cm³/mol.